The molecule has 2 heterocycles. The van der Waals surface area contributed by atoms with Gasteiger partial charge in [0.2, 0.25) is 0 Å². The Morgan fingerprint density at radius 1 is 1.40 bits per heavy atom. The van der Waals surface area contributed by atoms with E-state index in [-0.39, 0.29) is 30.0 Å². The van der Waals surface area contributed by atoms with Crippen LogP contribution in [0.3, 0.4) is 0 Å². The number of methoxy groups -OCH3 is 1. The quantitative estimate of drug-likeness (QED) is 0.688. The molecule has 2 N–H and O–H groups in total. The van der Waals surface area contributed by atoms with Crippen molar-refractivity contribution in [2.24, 2.45) is 16.6 Å². The number of hydrogen-bond donors (Lipinski definition) is 1. The van der Waals surface area contributed by atoms with Crippen molar-refractivity contribution in [2.45, 2.75) is 37.3 Å². The van der Waals surface area contributed by atoms with Crippen molar-refractivity contribution in [3.05, 3.63) is 64.2 Å². The Kier molecular flexibility index (Phi) is 6.14. The molecule has 2 aliphatic rings. The molecule has 0 amide bonds. The molecule has 0 unspecified atom stereocenters. The van der Waals surface area contributed by atoms with Crippen LogP contribution in [-0.4, -0.2) is 34.9 Å². The first-order valence-electron chi connectivity index (χ1n) is 9.86. The summed E-state index contributed by atoms with van der Waals surface area (Å²) in [5.41, 5.74) is 6.93. The van der Waals surface area contributed by atoms with E-state index in [0.717, 1.165) is 24.2 Å². The summed E-state index contributed by atoms with van der Waals surface area (Å²) in [6.45, 7) is 0. The number of ketones is 1. The van der Waals surface area contributed by atoms with Crippen molar-refractivity contribution in [3.63, 3.8) is 0 Å². The van der Waals surface area contributed by atoms with Gasteiger partial charge in [0, 0.05) is 37.0 Å². The minimum atomic E-state index is -0.716. The van der Waals surface area contributed by atoms with E-state index < -0.39 is 5.54 Å². The van der Waals surface area contributed by atoms with E-state index in [1.54, 1.807) is 31.4 Å². The van der Waals surface area contributed by atoms with Gasteiger partial charge in [-0.15, -0.1) is 0 Å². The topological polar surface area (TPSA) is 77.6 Å². The summed E-state index contributed by atoms with van der Waals surface area (Å²) in [4.78, 5) is 21.5. The van der Waals surface area contributed by atoms with Gasteiger partial charge in [-0.2, -0.15) is 0 Å². The molecular formula is C22H23ClFN3O2S. The van der Waals surface area contributed by atoms with Crippen molar-refractivity contribution in [1.82, 2.24) is 4.98 Å². The maximum absolute atomic E-state index is 15.1. The lowest BCUT2D eigenvalue weighted by molar-refractivity contribution is 0.0229. The van der Waals surface area contributed by atoms with Gasteiger partial charge in [0.05, 0.1) is 16.7 Å². The third-order valence-corrected chi connectivity index (χ3v) is 7.20. The second kappa shape index (κ2) is 8.65. The number of nitrogens with two attached hydrogens (primary N) is 1. The van der Waals surface area contributed by atoms with E-state index in [2.05, 4.69) is 4.98 Å². The fourth-order valence-corrected chi connectivity index (χ4v) is 5.57. The smallest absolute Gasteiger partial charge is 0.185 e. The zero-order valence-electron chi connectivity index (χ0n) is 16.6. The second-order valence-corrected chi connectivity index (χ2v) is 9.27. The summed E-state index contributed by atoms with van der Waals surface area (Å²) in [6.07, 6.45) is 3.95. The molecule has 0 saturated heterocycles. The van der Waals surface area contributed by atoms with E-state index in [4.69, 9.17) is 27.1 Å². The summed E-state index contributed by atoms with van der Waals surface area (Å²) >= 11 is 7.35. The van der Waals surface area contributed by atoms with Gasteiger partial charge >= 0.3 is 0 Å². The van der Waals surface area contributed by atoms with Crippen LogP contribution in [0.1, 0.15) is 40.9 Å². The summed E-state index contributed by atoms with van der Waals surface area (Å²) in [5, 5.41) is 0.950. The third kappa shape index (κ3) is 4.11. The van der Waals surface area contributed by atoms with Crippen LogP contribution in [-0.2, 0) is 16.7 Å². The first kappa shape index (κ1) is 21.3. The highest BCUT2D eigenvalue weighted by Gasteiger charge is 2.48. The van der Waals surface area contributed by atoms with Crippen LogP contribution in [0.4, 0.5) is 4.39 Å². The van der Waals surface area contributed by atoms with E-state index in [1.165, 1.54) is 24.0 Å². The van der Waals surface area contributed by atoms with Crippen molar-refractivity contribution >= 4 is 34.3 Å². The molecule has 0 spiro atoms. The Hall–Kier alpha value is -1.96. The number of hydrogen-bond acceptors (Lipinski definition) is 6. The molecule has 1 aliphatic carbocycles. The monoisotopic (exact) mass is 447 g/mol. The first-order chi connectivity index (χ1) is 14.4. The molecular weight excluding hydrogens is 425 g/mol. The Morgan fingerprint density at radius 2 is 2.23 bits per heavy atom. The average molecular weight is 448 g/mol. The van der Waals surface area contributed by atoms with Crippen LogP contribution < -0.4 is 5.73 Å². The van der Waals surface area contributed by atoms with Crippen LogP contribution >= 0.6 is 23.4 Å². The fraction of sp³-hybridized carbons (Fsp3) is 0.409. The van der Waals surface area contributed by atoms with Gasteiger partial charge in [0.25, 0.3) is 0 Å². The zero-order valence-corrected chi connectivity index (χ0v) is 18.2. The van der Waals surface area contributed by atoms with Crippen LogP contribution in [0.5, 0.6) is 0 Å². The third-order valence-electron chi connectivity index (χ3n) is 6.02. The molecule has 30 heavy (non-hydrogen) atoms. The van der Waals surface area contributed by atoms with Crippen LogP contribution in [0.15, 0.2) is 41.5 Å². The molecule has 0 radical (unpaired) electrons. The van der Waals surface area contributed by atoms with E-state index in [1.807, 2.05) is 0 Å². The molecule has 1 aromatic heterocycles. The van der Waals surface area contributed by atoms with Gasteiger partial charge in [-0.25, -0.2) is 4.39 Å². The Morgan fingerprint density at radius 3 is 2.97 bits per heavy atom. The summed E-state index contributed by atoms with van der Waals surface area (Å²) in [7, 11) is 1.71. The minimum Gasteiger partial charge on any atom is -0.381 e. The second-order valence-electron chi connectivity index (χ2n) is 7.79. The largest absolute Gasteiger partial charge is 0.381 e. The zero-order chi connectivity index (χ0) is 21.3. The number of carbonyl (C=O) groups is 1. The van der Waals surface area contributed by atoms with E-state index >= 15 is 4.39 Å². The number of halogens is 2. The summed E-state index contributed by atoms with van der Waals surface area (Å²) in [5.74, 6) is 0.419. The molecule has 1 fully saturated rings. The first-order valence-corrected chi connectivity index (χ1v) is 11.2. The number of aliphatic imine (C=N–C) groups is 1. The van der Waals surface area contributed by atoms with Crippen LogP contribution in [0.2, 0.25) is 5.02 Å². The van der Waals surface area contributed by atoms with Crippen LogP contribution in [0.25, 0.3) is 0 Å². The standard InChI is InChI=1S/C22H23ClFN3O2S/c1-29-16-6-7-22(14(10-16)12-30-21(25)27-22)17-8-13(2-4-18(17)24)9-20(28)19-5-3-15(23)11-26-19/h2-5,8,11,14,16H,6-7,9-10,12H2,1H3,(H2,25,27)/t14-,16+,22-/m0/s1. The number of carbonyl (C=O) groups excluding carboxylic acids is 1. The Balaban J connectivity index is 1.67. The fourth-order valence-electron chi connectivity index (χ4n) is 4.44. The van der Waals surface area contributed by atoms with Crippen LogP contribution in [0, 0.1) is 11.7 Å². The lowest BCUT2D eigenvalue weighted by Crippen LogP contribution is -2.46. The number of aromatic nitrogens is 1. The number of fused-ring (bicyclic) bond motifs is 1. The molecule has 1 saturated carbocycles. The number of ether oxygens (including phenoxy) is 1. The molecule has 158 valence electrons. The SMILES string of the molecule is CO[C@@H]1CC[C@]2(c3cc(CC(=O)c4ccc(Cl)cn4)ccc3F)N=C(N)SC[C@@H]2C1. The van der Waals surface area contributed by atoms with Crippen molar-refractivity contribution in [2.75, 3.05) is 12.9 Å². The van der Waals surface area contributed by atoms with Gasteiger partial charge in [-0.05, 0) is 49.1 Å². The molecule has 2 aromatic rings. The lowest BCUT2D eigenvalue weighted by Gasteiger charge is -2.46. The van der Waals surface area contributed by atoms with Gasteiger partial charge in [-0.3, -0.25) is 14.8 Å². The van der Waals surface area contributed by atoms with Crippen molar-refractivity contribution in [3.8, 4) is 0 Å². The Bertz CT molecular complexity index is 985. The molecule has 0 bridgehead atoms. The van der Waals surface area contributed by atoms with Gasteiger partial charge < -0.3 is 10.5 Å². The summed E-state index contributed by atoms with van der Waals surface area (Å²) < 4.78 is 20.6. The Labute approximate surface area is 184 Å². The number of pyridine rings is 1. The van der Waals surface area contributed by atoms with Crippen molar-refractivity contribution < 1.29 is 13.9 Å². The number of thioether (sulfide) groups is 1. The van der Waals surface area contributed by atoms with Gasteiger partial charge in [0.15, 0.2) is 11.0 Å². The number of nitrogens with zero attached hydrogens (tertiary/aromatic N) is 2. The minimum absolute atomic E-state index is 0.117. The molecule has 1 aromatic carbocycles. The van der Waals surface area contributed by atoms with Crippen molar-refractivity contribution in [1.29, 1.82) is 0 Å². The van der Waals surface area contributed by atoms with Gasteiger partial charge in [0.1, 0.15) is 11.5 Å². The number of amidine groups is 1. The predicted molar refractivity (Wildman–Crippen MR) is 118 cm³/mol. The molecule has 4 rings (SSSR count). The highest BCUT2D eigenvalue weighted by molar-refractivity contribution is 8.13. The molecule has 3 atom stereocenters. The maximum Gasteiger partial charge on any atom is 0.185 e. The highest BCUT2D eigenvalue weighted by Crippen LogP contribution is 2.50. The summed E-state index contributed by atoms with van der Waals surface area (Å²) in [6, 6.07) is 8.07. The predicted octanol–water partition coefficient (Wildman–Crippen LogP) is 4.37. The number of benzene rings is 1. The maximum atomic E-state index is 15.1. The molecule has 8 heteroatoms. The molecule has 5 nitrogen and oxygen atoms in total. The van der Waals surface area contributed by atoms with Gasteiger partial charge in [-0.1, -0.05) is 29.4 Å². The number of rotatable bonds is 5. The van der Waals surface area contributed by atoms with E-state index in [0.29, 0.717) is 27.9 Å². The van der Waals surface area contributed by atoms with E-state index in [9.17, 15) is 4.79 Å². The molecule has 1 aliphatic heterocycles. The average Bonchev–Trinajstić information content (AvgIpc) is 2.75. The lowest BCUT2D eigenvalue weighted by atomic mass is 9.68. The number of Topliss-reactive ketones (excluding diaryl/α,β-unsaturated/α-hetero) is 1. The highest BCUT2D eigenvalue weighted by atomic mass is 35.5. The normalized spacial score (nSPS) is 26.0.